The maximum atomic E-state index is 12.6. The Morgan fingerprint density at radius 2 is 1.76 bits per heavy atom. The van der Waals surface area contributed by atoms with Gasteiger partial charge in [-0.3, -0.25) is 9.10 Å². The van der Waals surface area contributed by atoms with Gasteiger partial charge in [-0.2, -0.15) is 13.2 Å². The lowest BCUT2D eigenvalue weighted by Crippen LogP contribution is -2.35. The zero-order chi connectivity index (χ0) is 19.1. The number of anilines is 1. The number of carbonyl (C=O) groups excluding carboxylic acids is 1. The number of carbonyl (C=O) groups is 1. The Hall–Kier alpha value is -1.77. The Labute approximate surface area is 146 Å². The van der Waals surface area contributed by atoms with E-state index in [-0.39, 0.29) is 24.6 Å². The third-order valence-electron chi connectivity index (χ3n) is 3.53. The van der Waals surface area contributed by atoms with Crippen molar-refractivity contribution in [3.63, 3.8) is 0 Å². The van der Waals surface area contributed by atoms with Crippen LogP contribution in [0.15, 0.2) is 24.3 Å². The van der Waals surface area contributed by atoms with Gasteiger partial charge in [-0.1, -0.05) is 19.8 Å². The summed E-state index contributed by atoms with van der Waals surface area (Å²) in [5.74, 6) is -0.295. The van der Waals surface area contributed by atoms with Crippen LogP contribution in [-0.2, 0) is 21.0 Å². The van der Waals surface area contributed by atoms with Crippen LogP contribution in [0.2, 0.25) is 0 Å². The molecule has 0 fully saturated rings. The van der Waals surface area contributed by atoms with Gasteiger partial charge < -0.3 is 5.32 Å². The molecule has 0 aliphatic heterocycles. The van der Waals surface area contributed by atoms with Gasteiger partial charge in [-0.05, 0) is 30.7 Å². The highest BCUT2D eigenvalue weighted by molar-refractivity contribution is 7.92. The Bertz CT molecular complexity index is 658. The molecular formula is C16H23F3N2O3S. The second-order valence-electron chi connectivity index (χ2n) is 5.69. The molecule has 0 saturated carbocycles. The van der Waals surface area contributed by atoms with Crippen LogP contribution in [0.1, 0.15) is 38.2 Å². The molecule has 0 saturated heterocycles. The van der Waals surface area contributed by atoms with Gasteiger partial charge in [0.2, 0.25) is 15.9 Å². The molecule has 1 N–H and O–H groups in total. The van der Waals surface area contributed by atoms with Crippen molar-refractivity contribution in [1.29, 1.82) is 0 Å². The molecule has 0 aliphatic rings. The van der Waals surface area contributed by atoms with Gasteiger partial charge in [0.25, 0.3) is 0 Å². The molecule has 0 spiro atoms. The molecule has 0 bridgehead atoms. The van der Waals surface area contributed by atoms with E-state index in [4.69, 9.17) is 0 Å². The molecule has 9 heteroatoms. The number of rotatable bonds is 9. The van der Waals surface area contributed by atoms with Crippen molar-refractivity contribution < 1.29 is 26.4 Å². The first-order chi connectivity index (χ1) is 11.6. The van der Waals surface area contributed by atoms with Crippen LogP contribution in [0, 0.1) is 0 Å². The number of alkyl halides is 3. The van der Waals surface area contributed by atoms with E-state index in [9.17, 15) is 26.4 Å². The SMILES string of the molecule is CCCCCNC(=O)CCN(c1ccc(C(F)(F)F)cc1)S(C)(=O)=O. The molecule has 0 aromatic heterocycles. The fourth-order valence-corrected chi connectivity index (χ4v) is 3.12. The van der Waals surface area contributed by atoms with Gasteiger partial charge in [0, 0.05) is 19.5 Å². The van der Waals surface area contributed by atoms with Crippen LogP contribution in [0.25, 0.3) is 0 Å². The number of benzene rings is 1. The Morgan fingerprint density at radius 1 is 1.16 bits per heavy atom. The lowest BCUT2D eigenvalue weighted by molar-refractivity contribution is -0.137. The van der Waals surface area contributed by atoms with E-state index in [1.54, 1.807) is 0 Å². The maximum Gasteiger partial charge on any atom is 0.416 e. The minimum atomic E-state index is -4.49. The lowest BCUT2D eigenvalue weighted by Gasteiger charge is -2.22. The number of hydrogen-bond donors (Lipinski definition) is 1. The predicted octanol–water partition coefficient (Wildman–Crippen LogP) is 3.17. The van der Waals surface area contributed by atoms with Crippen molar-refractivity contribution in [1.82, 2.24) is 5.32 Å². The Kier molecular flexibility index (Phi) is 7.72. The lowest BCUT2D eigenvalue weighted by atomic mass is 10.2. The number of nitrogens with one attached hydrogen (secondary N) is 1. The standard InChI is InChI=1S/C16H23F3N2O3S/c1-3-4-5-11-20-15(22)10-12-21(25(2,23)24)14-8-6-13(7-9-14)16(17,18)19/h6-9H,3-5,10-12H2,1-2H3,(H,20,22). The smallest absolute Gasteiger partial charge is 0.356 e. The number of hydrogen-bond acceptors (Lipinski definition) is 3. The summed E-state index contributed by atoms with van der Waals surface area (Å²) in [6, 6.07) is 3.81. The number of amides is 1. The zero-order valence-corrected chi connectivity index (χ0v) is 15.1. The zero-order valence-electron chi connectivity index (χ0n) is 14.3. The van der Waals surface area contributed by atoms with Crippen molar-refractivity contribution >= 4 is 21.6 Å². The molecule has 0 aliphatic carbocycles. The van der Waals surface area contributed by atoms with E-state index in [1.165, 1.54) is 0 Å². The summed E-state index contributed by atoms with van der Waals surface area (Å²) >= 11 is 0. The average Bonchev–Trinajstić information content (AvgIpc) is 2.50. The first kappa shape index (κ1) is 21.3. The first-order valence-electron chi connectivity index (χ1n) is 7.97. The van der Waals surface area contributed by atoms with Gasteiger partial charge in [0.1, 0.15) is 0 Å². The number of unbranched alkanes of at least 4 members (excludes halogenated alkanes) is 2. The van der Waals surface area contributed by atoms with Crippen molar-refractivity contribution in [3.05, 3.63) is 29.8 Å². The van der Waals surface area contributed by atoms with E-state index in [0.717, 1.165) is 54.1 Å². The van der Waals surface area contributed by atoms with E-state index in [0.29, 0.717) is 6.54 Å². The summed E-state index contributed by atoms with van der Waals surface area (Å²) in [4.78, 5) is 11.8. The minimum absolute atomic E-state index is 0.0692. The third kappa shape index (κ3) is 7.33. The molecule has 0 heterocycles. The van der Waals surface area contributed by atoms with Gasteiger partial charge in [-0.25, -0.2) is 8.42 Å². The first-order valence-corrected chi connectivity index (χ1v) is 9.82. The molecule has 1 aromatic carbocycles. The molecule has 1 amide bonds. The number of sulfonamides is 1. The summed E-state index contributed by atoms with van der Waals surface area (Å²) < 4.78 is 62.5. The molecule has 142 valence electrons. The predicted molar refractivity (Wildman–Crippen MR) is 90.8 cm³/mol. The molecule has 0 radical (unpaired) electrons. The van der Waals surface area contributed by atoms with Crippen LogP contribution in [-0.4, -0.2) is 33.7 Å². The Balaban J connectivity index is 2.74. The Morgan fingerprint density at radius 3 is 2.24 bits per heavy atom. The molecule has 25 heavy (non-hydrogen) atoms. The number of nitrogens with zero attached hydrogens (tertiary/aromatic N) is 1. The van der Waals surface area contributed by atoms with Crippen LogP contribution in [0.3, 0.4) is 0 Å². The molecule has 0 unspecified atom stereocenters. The fourth-order valence-electron chi connectivity index (χ4n) is 2.20. The second-order valence-corrected chi connectivity index (χ2v) is 7.59. The maximum absolute atomic E-state index is 12.6. The van der Waals surface area contributed by atoms with E-state index in [1.807, 2.05) is 6.92 Å². The molecule has 5 nitrogen and oxygen atoms in total. The van der Waals surface area contributed by atoms with Gasteiger partial charge in [-0.15, -0.1) is 0 Å². The van der Waals surface area contributed by atoms with Crippen molar-refractivity contribution in [2.24, 2.45) is 0 Å². The van der Waals surface area contributed by atoms with E-state index >= 15 is 0 Å². The fraction of sp³-hybridized carbons (Fsp3) is 0.562. The van der Waals surface area contributed by atoms with Crippen LogP contribution in [0.5, 0.6) is 0 Å². The summed E-state index contributed by atoms with van der Waals surface area (Å²) in [6.07, 6.45) is -0.763. The van der Waals surface area contributed by atoms with Gasteiger partial charge in [0.05, 0.1) is 17.5 Å². The van der Waals surface area contributed by atoms with Gasteiger partial charge >= 0.3 is 6.18 Å². The normalized spacial score (nSPS) is 12.0. The topological polar surface area (TPSA) is 66.5 Å². The molecule has 0 atom stereocenters. The van der Waals surface area contributed by atoms with Crippen LogP contribution >= 0.6 is 0 Å². The van der Waals surface area contributed by atoms with Crippen molar-refractivity contribution in [3.8, 4) is 0 Å². The number of halogens is 3. The average molecular weight is 380 g/mol. The van der Waals surface area contributed by atoms with E-state index < -0.39 is 21.8 Å². The highest BCUT2D eigenvalue weighted by atomic mass is 32.2. The summed E-state index contributed by atoms with van der Waals surface area (Å²) in [7, 11) is -3.72. The minimum Gasteiger partial charge on any atom is -0.356 e. The van der Waals surface area contributed by atoms with Gasteiger partial charge in [0.15, 0.2) is 0 Å². The highest BCUT2D eigenvalue weighted by Crippen LogP contribution is 2.31. The monoisotopic (exact) mass is 380 g/mol. The summed E-state index contributed by atoms with van der Waals surface area (Å²) in [5.41, 5.74) is -0.771. The molecule has 1 rings (SSSR count). The molecular weight excluding hydrogens is 357 g/mol. The second kappa shape index (κ2) is 9.07. The quantitative estimate of drug-likeness (QED) is 0.669. The summed E-state index contributed by atoms with van der Waals surface area (Å²) in [5, 5.41) is 2.70. The van der Waals surface area contributed by atoms with Crippen LogP contribution in [0.4, 0.5) is 18.9 Å². The van der Waals surface area contributed by atoms with E-state index in [2.05, 4.69) is 5.32 Å². The van der Waals surface area contributed by atoms with Crippen molar-refractivity contribution in [2.75, 3.05) is 23.7 Å². The molecule has 1 aromatic rings. The third-order valence-corrected chi connectivity index (χ3v) is 4.72. The van der Waals surface area contributed by atoms with Crippen LogP contribution < -0.4 is 9.62 Å². The van der Waals surface area contributed by atoms with Crippen molar-refractivity contribution in [2.45, 2.75) is 38.8 Å². The highest BCUT2D eigenvalue weighted by Gasteiger charge is 2.30. The largest absolute Gasteiger partial charge is 0.416 e. The summed E-state index contributed by atoms with van der Waals surface area (Å²) in [6.45, 7) is 2.42.